The van der Waals surface area contributed by atoms with Crippen molar-refractivity contribution in [1.82, 2.24) is 10.4 Å². The highest BCUT2D eigenvalue weighted by Crippen LogP contribution is 2.16. The van der Waals surface area contributed by atoms with Crippen molar-refractivity contribution >= 4 is 17.3 Å². The molecule has 0 atom stereocenters. The summed E-state index contributed by atoms with van der Waals surface area (Å²) in [5.74, 6) is 5.43. The molecule has 0 aromatic carbocycles. The van der Waals surface area contributed by atoms with Gasteiger partial charge in [0.15, 0.2) is 5.78 Å². The highest BCUT2D eigenvalue weighted by atomic mass is 16.8. The van der Waals surface area contributed by atoms with Crippen LogP contribution in [0.4, 0.5) is 0 Å². The van der Waals surface area contributed by atoms with E-state index in [1.807, 2.05) is 48.6 Å². The van der Waals surface area contributed by atoms with Gasteiger partial charge in [0.25, 0.3) is 0 Å². The maximum absolute atomic E-state index is 10.8. The van der Waals surface area contributed by atoms with Crippen LogP contribution in [0.15, 0.2) is 11.6 Å². The third-order valence-electron chi connectivity index (χ3n) is 3.55. The Kier molecular flexibility index (Phi) is 16.4. The predicted molar refractivity (Wildman–Crippen MR) is 111 cm³/mol. The summed E-state index contributed by atoms with van der Waals surface area (Å²) in [6, 6.07) is 0. The largest absolute Gasteiger partial charge is 0.314 e. The summed E-state index contributed by atoms with van der Waals surface area (Å²) in [4.78, 5) is 36.0. The van der Waals surface area contributed by atoms with Gasteiger partial charge in [-0.25, -0.2) is 4.94 Å². The number of nitrogens with zero attached hydrogens (tertiary/aromatic N) is 1. The van der Waals surface area contributed by atoms with Crippen LogP contribution >= 0.6 is 0 Å². The molecule has 7 nitrogen and oxygen atoms in total. The van der Waals surface area contributed by atoms with Gasteiger partial charge in [-0.2, -0.15) is 11.0 Å². The number of hydrogen-bond acceptors (Lipinski definition) is 7. The fourth-order valence-corrected chi connectivity index (χ4v) is 1.98. The molecule has 0 aromatic rings. The molecule has 7 heteroatoms. The van der Waals surface area contributed by atoms with Crippen LogP contribution in [0.3, 0.4) is 0 Å². The molecule has 0 amide bonds. The zero-order valence-electron chi connectivity index (χ0n) is 19.1. The van der Waals surface area contributed by atoms with Gasteiger partial charge in [-0.05, 0) is 75.4 Å². The highest BCUT2D eigenvalue weighted by molar-refractivity contribution is 5.87. The third-order valence-corrected chi connectivity index (χ3v) is 3.55. The van der Waals surface area contributed by atoms with Crippen molar-refractivity contribution in [2.24, 2.45) is 5.90 Å². The number of Topliss-reactive ketones (excluding diaryl/α,β-unsaturated/α-hetero) is 2. The molecule has 0 saturated carbocycles. The van der Waals surface area contributed by atoms with Gasteiger partial charge < -0.3 is 5.32 Å². The second-order valence-corrected chi connectivity index (χ2v) is 8.14. The lowest BCUT2D eigenvalue weighted by Gasteiger charge is -2.31. The highest BCUT2D eigenvalue weighted by Gasteiger charge is 2.25. The minimum Gasteiger partial charge on any atom is -0.314 e. The molecular weight excluding hydrogens is 346 g/mol. The Morgan fingerprint density at radius 1 is 0.963 bits per heavy atom. The molecule has 0 radical (unpaired) electrons. The fraction of sp³-hybridized carbons (Fsp3) is 0.750. The first kappa shape index (κ1) is 30.3. The van der Waals surface area contributed by atoms with E-state index in [0.29, 0.717) is 12.8 Å². The molecule has 27 heavy (non-hydrogen) atoms. The van der Waals surface area contributed by atoms with E-state index >= 15 is 0 Å². The summed E-state index contributed by atoms with van der Waals surface area (Å²) in [6.45, 7) is 16.3. The molecule has 3 N–H and O–H groups in total. The van der Waals surface area contributed by atoms with Crippen LogP contribution in [0, 0.1) is 0 Å². The average molecular weight is 388 g/mol. The Bertz CT molecular complexity index is 493. The summed E-state index contributed by atoms with van der Waals surface area (Å²) in [6.07, 6.45) is 2.64. The van der Waals surface area contributed by atoms with Gasteiger partial charge in [-0.1, -0.05) is 5.57 Å². The number of hydroxylamine groups is 2. The molecule has 0 saturated heterocycles. The maximum Gasteiger partial charge on any atom is 0.152 e. The van der Waals surface area contributed by atoms with E-state index in [-0.39, 0.29) is 28.4 Å². The lowest BCUT2D eigenvalue weighted by Crippen LogP contribution is -2.43. The molecule has 0 heterocycles. The number of allylic oxidation sites excluding steroid dienone is 2. The molecule has 160 valence electrons. The van der Waals surface area contributed by atoms with Gasteiger partial charge in [0.05, 0.1) is 0 Å². The number of nitrogens with two attached hydrogens (primary N) is 1. The molecule has 0 aromatic heterocycles. The number of rotatable bonds is 8. The molecule has 0 bridgehead atoms. The van der Waals surface area contributed by atoms with Gasteiger partial charge in [-0.15, -0.1) is 0 Å². The molecule has 0 rings (SSSR count). The smallest absolute Gasteiger partial charge is 0.152 e. The van der Waals surface area contributed by atoms with Crippen LogP contribution in [0.5, 0.6) is 0 Å². The zero-order chi connectivity index (χ0) is 22.4. The minimum atomic E-state index is -0.333. The van der Waals surface area contributed by atoms with Crippen molar-refractivity contribution in [1.29, 1.82) is 0 Å². The monoisotopic (exact) mass is 387 g/mol. The van der Waals surface area contributed by atoms with Gasteiger partial charge in [0, 0.05) is 31.0 Å². The molecule has 0 aliphatic carbocycles. The van der Waals surface area contributed by atoms with Crippen LogP contribution in [0.1, 0.15) is 75.2 Å². The van der Waals surface area contributed by atoms with E-state index < -0.39 is 0 Å². The second kappa shape index (κ2) is 14.6. The predicted octanol–water partition coefficient (Wildman–Crippen LogP) is 2.99. The van der Waals surface area contributed by atoms with E-state index in [4.69, 9.17) is 5.90 Å². The number of ketones is 3. The van der Waals surface area contributed by atoms with Crippen LogP contribution in [0.2, 0.25) is 0 Å². The van der Waals surface area contributed by atoms with Crippen molar-refractivity contribution in [2.45, 2.75) is 86.2 Å². The number of hydrogen-bond donors (Lipinski definition) is 2. The van der Waals surface area contributed by atoms with E-state index in [1.165, 1.54) is 5.06 Å². The van der Waals surface area contributed by atoms with Crippen molar-refractivity contribution in [2.75, 3.05) is 14.1 Å². The molecule has 0 aliphatic rings. The standard InChI is InChI=1S/C7H16N2O2.C7H15NO.C6H10O/c1-6(10)5-7(2,3)9(4)11-8;1-6(9)5-7(2,3)8-4;1-5(2)4-6(3)7/h5,8H2,1-4H3;8H,5H2,1-4H3;4H,1-3H3. The molecule has 0 unspecified atom stereocenters. The van der Waals surface area contributed by atoms with E-state index in [9.17, 15) is 14.4 Å². The minimum absolute atomic E-state index is 0.0359. The van der Waals surface area contributed by atoms with Crippen molar-refractivity contribution < 1.29 is 19.3 Å². The van der Waals surface area contributed by atoms with Crippen molar-refractivity contribution in [3.8, 4) is 0 Å². The van der Waals surface area contributed by atoms with Gasteiger partial charge in [0.2, 0.25) is 0 Å². The summed E-state index contributed by atoms with van der Waals surface area (Å²) in [5, 5.41) is 4.52. The van der Waals surface area contributed by atoms with Gasteiger partial charge >= 0.3 is 0 Å². The number of nitrogens with one attached hydrogen (secondary N) is 1. The Morgan fingerprint density at radius 2 is 1.37 bits per heavy atom. The number of carbonyl (C=O) groups is 3. The molecule has 0 spiro atoms. The average Bonchev–Trinajstić information content (AvgIpc) is 2.43. The maximum atomic E-state index is 10.8. The Hall–Kier alpha value is -1.41. The summed E-state index contributed by atoms with van der Waals surface area (Å²) in [5.41, 5.74) is 0.694. The van der Waals surface area contributed by atoms with Gasteiger partial charge in [-0.3, -0.25) is 14.4 Å². The Morgan fingerprint density at radius 3 is 1.52 bits per heavy atom. The second-order valence-electron chi connectivity index (χ2n) is 8.14. The first-order chi connectivity index (χ1) is 12.0. The first-order valence-electron chi connectivity index (χ1n) is 8.94. The van der Waals surface area contributed by atoms with Crippen LogP contribution in [-0.4, -0.2) is 47.6 Å². The Labute approximate surface area is 165 Å². The fourth-order valence-electron chi connectivity index (χ4n) is 1.98. The van der Waals surface area contributed by atoms with Gasteiger partial charge in [0.1, 0.15) is 11.6 Å². The topological polar surface area (TPSA) is 102 Å². The summed E-state index contributed by atoms with van der Waals surface area (Å²) >= 11 is 0. The first-order valence-corrected chi connectivity index (χ1v) is 8.94. The molecular formula is C20H41N3O4. The van der Waals surface area contributed by atoms with Crippen molar-refractivity contribution in [3.63, 3.8) is 0 Å². The van der Waals surface area contributed by atoms with E-state index in [0.717, 1.165) is 5.57 Å². The summed E-state index contributed by atoms with van der Waals surface area (Å²) < 4.78 is 0. The van der Waals surface area contributed by atoms with Crippen LogP contribution in [0.25, 0.3) is 0 Å². The zero-order valence-corrected chi connectivity index (χ0v) is 19.1. The molecule has 0 fully saturated rings. The lowest BCUT2D eigenvalue weighted by molar-refractivity contribution is -0.202. The molecule has 0 aliphatic heterocycles. The SMILES string of the molecule is CC(=O)C=C(C)C.CC(=O)CC(C)(C)N(C)ON.CNC(C)(C)CC(C)=O. The quantitative estimate of drug-likeness (QED) is 0.487. The van der Waals surface area contributed by atoms with E-state index in [2.05, 4.69) is 10.3 Å². The number of carbonyl (C=O) groups excluding carboxylic acids is 3. The Balaban J connectivity index is -0.000000329. The van der Waals surface area contributed by atoms with Crippen molar-refractivity contribution in [3.05, 3.63) is 11.6 Å². The van der Waals surface area contributed by atoms with Crippen LogP contribution < -0.4 is 11.2 Å². The lowest BCUT2D eigenvalue weighted by atomic mass is 9.98. The van der Waals surface area contributed by atoms with E-state index in [1.54, 1.807) is 33.9 Å². The van der Waals surface area contributed by atoms with Crippen LogP contribution in [-0.2, 0) is 19.3 Å². The third kappa shape index (κ3) is 22.5. The normalized spacial score (nSPS) is 10.9. The summed E-state index contributed by atoms with van der Waals surface area (Å²) in [7, 11) is 3.56.